The average Bonchev–Trinajstić information content (AvgIpc) is 2.36. The largest absolute Gasteiger partial charge is 0.462 e. The molecule has 0 heterocycles. The van der Waals surface area contributed by atoms with Crippen molar-refractivity contribution in [3.8, 4) is 0 Å². The van der Waals surface area contributed by atoms with E-state index in [-0.39, 0.29) is 11.8 Å². The third-order valence-electron chi connectivity index (χ3n) is 2.20. The minimum atomic E-state index is -0.375. The maximum atomic E-state index is 11.7. The van der Waals surface area contributed by atoms with Gasteiger partial charge in [-0.05, 0) is 19.1 Å². The average molecular weight is 247 g/mol. The number of carbonyl (C=O) groups excluding carboxylic acids is 2. The van der Waals surface area contributed by atoms with Gasteiger partial charge in [-0.3, -0.25) is 4.79 Å². The number of ketones is 1. The van der Waals surface area contributed by atoms with Gasteiger partial charge in [-0.1, -0.05) is 12.1 Å². The SMILES string of the molecule is CCOC(=O)c1ccc(C(=O)C=CN(C)C)cc1. The Hall–Kier alpha value is -2.10. The lowest BCUT2D eigenvalue weighted by Gasteiger charge is -2.04. The van der Waals surface area contributed by atoms with Gasteiger partial charge in [0.15, 0.2) is 5.78 Å². The Morgan fingerprint density at radius 2 is 1.72 bits per heavy atom. The van der Waals surface area contributed by atoms with E-state index < -0.39 is 0 Å². The topological polar surface area (TPSA) is 46.6 Å². The maximum absolute atomic E-state index is 11.7. The van der Waals surface area contributed by atoms with E-state index in [2.05, 4.69) is 0 Å². The predicted molar refractivity (Wildman–Crippen MR) is 69.6 cm³/mol. The van der Waals surface area contributed by atoms with E-state index in [0.29, 0.717) is 17.7 Å². The molecule has 0 aliphatic carbocycles. The van der Waals surface area contributed by atoms with Crippen LogP contribution in [0.4, 0.5) is 0 Å². The molecule has 0 radical (unpaired) electrons. The van der Waals surface area contributed by atoms with Gasteiger partial charge >= 0.3 is 5.97 Å². The van der Waals surface area contributed by atoms with E-state index in [1.54, 1.807) is 42.3 Å². The van der Waals surface area contributed by atoms with Crippen molar-refractivity contribution in [3.05, 3.63) is 47.7 Å². The number of rotatable bonds is 5. The minimum Gasteiger partial charge on any atom is -0.462 e. The van der Waals surface area contributed by atoms with Crippen molar-refractivity contribution in [2.24, 2.45) is 0 Å². The molecule has 96 valence electrons. The fourth-order valence-corrected chi connectivity index (χ4v) is 1.30. The van der Waals surface area contributed by atoms with Crippen LogP contribution in [0.15, 0.2) is 36.5 Å². The Morgan fingerprint density at radius 3 is 2.22 bits per heavy atom. The first-order chi connectivity index (χ1) is 8.54. The highest BCUT2D eigenvalue weighted by Crippen LogP contribution is 2.07. The van der Waals surface area contributed by atoms with Crippen LogP contribution in [0, 0.1) is 0 Å². The summed E-state index contributed by atoms with van der Waals surface area (Å²) in [4.78, 5) is 24.9. The van der Waals surface area contributed by atoms with Crippen molar-refractivity contribution in [1.29, 1.82) is 0 Å². The summed E-state index contributed by atoms with van der Waals surface area (Å²) in [6, 6.07) is 6.42. The summed E-state index contributed by atoms with van der Waals surface area (Å²) in [7, 11) is 3.68. The fraction of sp³-hybridized carbons (Fsp3) is 0.286. The lowest BCUT2D eigenvalue weighted by Crippen LogP contribution is -2.06. The highest BCUT2D eigenvalue weighted by Gasteiger charge is 2.07. The Labute approximate surface area is 107 Å². The van der Waals surface area contributed by atoms with E-state index in [9.17, 15) is 9.59 Å². The van der Waals surface area contributed by atoms with Crippen LogP contribution in [0.1, 0.15) is 27.6 Å². The number of benzene rings is 1. The van der Waals surface area contributed by atoms with E-state index in [0.717, 1.165) is 0 Å². The number of esters is 1. The maximum Gasteiger partial charge on any atom is 0.338 e. The van der Waals surface area contributed by atoms with Crippen molar-refractivity contribution in [2.75, 3.05) is 20.7 Å². The molecule has 0 aliphatic rings. The zero-order valence-corrected chi connectivity index (χ0v) is 10.8. The predicted octanol–water partition coefficient (Wildman–Crippen LogP) is 2.12. The molecule has 0 N–H and O–H groups in total. The molecule has 0 aliphatic heterocycles. The van der Waals surface area contributed by atoms with Gasteiger partial charge in [0.25, 0.3) is 0 Å². The Balaban J connectivity index is 2.76. The Kier molecular flexibility index (Phi) is 5.11. The van der Waals surface area contributed by atoms with Crippen molar-refractivity contribution in [2.45, 2.75) is 6.92 Å². The molecule has 0 saturated carbocycles. The van der Waals surface area contributed by atoms with E-state index in [4.69, 9.17) is 4.74 Å². The molecule has 0 amide bonds. The standard InChI is InChI=1S/C14H17NO3/c1-4-18-14(17)12-7-5-11(6-8-12)13(16)9-10-15(2)3/h5-10H,4H2,1-3H3. The van der Waals surface area contributed by atoms with Crippen LogP contribution >= 0.6 is 0 Å². The number of hydrogen-bond acceptors (Lipinski definition) is 4. The second-order valence-electron chi connectivity index (χ2n) is 3.94. The molecular formula is C14H17NO3. The molecule has 0 bridgehead atoms. The minimum absolute atomic E-state index is 0.0980. The first-order valence-corrected chi connectivity index (χ1v) is 5.70. The molecule has 0 spiro atoms. The van der Waals surface area contributed by atoms with E-state index in [1.165, 1.54) is 6.08 Å². The van der Waals surface area contributed by atoms with Gasteiger partial charge in [-0.2, -0.15) is 0 Å². The zero-order chi connectivity index (χ0) is 13.5. The van der Waals surface area contributed by atoms with Crippen LogP contribution in [0.25, 0.3) is 0 Å². The van der Waals surface area contributed by atoms with E-state index >= 15 is 0 Å². The second-order valence-corrected chi connectivity index (χ2v) is 3.94. The number of allylic oxidation sites excluding steroid dienone is 1. The summed E-state index contributed by atoms with van der Waals surface area (Å²) in [6.07, 6.45) is 3.17. The lowest BCUT2D eigenvalue weighted by atomic mass is 10.1. The molecule has 0 fully saturated rings. The quantitative estimate of drug-likeness (QED) is 0.454. The van der Waals surface area contributed by atoms with Crippen LogP contribution in [0.2, 0.25) is 0 Å². The molecule has 4 heteroatoms. The van der Waals surface area contributed by atoms with Gasteiger partial charge in [0.2, 0.25) is 0 Å². The van der Waals surface area contributed by atoms with Gasteiger partial charge in [0.1, 0.15) is 0 Å². The molecule has 0 atom stereocenters. The molecule has 4 nitrogen and oxygen atoms in total. The van der Waals surface area contributed by atoms with Crippen molar-refractivity contribution in [1.82, 2.24) is 4.90 Å². The summed E-state index contributed by atoms with van der Waals surface area (Å²) in [5.74, 6) is -0.473. The number of hydrogen-bond donors (Lipinski definition) is 0. The van der Waals surface area contributed by atoms with Crippen LogP contribution < -0.4 is 0 Å². The van der Waals surface area contributed by atoms with Crippen LogP contribution in [0.3, 0.4) is 0 Å². The fourth-order valence-electron chi connectivity index (χ4n) is 1.30. The highest BCUT2D eigenvalue weighted by molar-refractivity contribution is 6.05. The monoisotopic (exact) mass is 247 g/mol. The number of ether oxygens (including phenoxy) is 1. The van der Waals surface area contributed by atoms with Crippen LogP contribution in [0.5, 0.6) is 0 Å². The van der Waals surface area contributed by atoms with Crippen molar-refractivity contribution in [3.63, 3.8) is 0 Å². The van der Waals surface area contributed by atoms with Gasteiger partial charge in [0.05, 0.1) is 12.2 Å². The third-order valence-corrected chi connectivity index (χ3v) is 2.20. The summed E-state index contributed by atoms with van der Waals surface area (Å²) >= 11 is 0. The number of nitrogens with zero attached hydrogens (tertiary/aromatic N) is 1. The van der Waals surface area contributed by atoms with Crippen molar-refractivity contribution >= 4 is 11.8 Å². The molecule has 1 aromatic carbocycles. The number of carbonyl (C=O) groups is 2. The molecule has 1 rings (SSSR count). The third kappa shape index (κ3) is 4.05. The zero-order valence-electron chi connectivity index (χ0n) is 10.8. The molecule has 0 saturated heterocycles. The molecular weight excluding hydrogens is 230 g/mol. The second kappa shape index (κ2) is 6.59. The molecule has 0 aromatic heterocycles. The van der Waals surface area contributed by atoms with Gasteiger partial charge in [-0.25, -0.2) is 4.79 Å². The molecule has 0 unspecified atom stereocenters. The van der Waals surface area contributed by atoms with Gasteiger partial charge < -0.3 is 9.64 Å². The summed E-state index contributed by atoms with van der Waals surface area (Å²) in [6.45, 7) is 2.09. The van der Waals surface area contributed by atoms with Crippen molar-refractivity contribution < 1.29 is 14.3 Å². The van der Waals surface area contributed by atoms with Gasteiger partial charge in [-0.15, -0.1) is 0 Å². The lowest BCUT2D eigenvalue weighted by molar-refractivity contribution is 0.0526. The summed E-state index contributed by atoms with van der Waals surface area (Å²) < 4.78 is 4.86. The Morgan fingerprint density at radius 1 is 1.17 bits per heavy atom. The molecule has 1 aromatic rings. The first kappa shape index (κ1) is 14.0. The Bertz CT molecular complexity index is 447. The summed E-state index contributed by atoms with van der Waals surface area (Å²) in [5, 5.41) is 0. The molecule has 18 heavy (non-hydrogen) atoms. The summed E-state index contributed by atoms with van der Waals surface area (Å²) in [5.41, 5.74) is 0.992. The van der Waals surface area contributed by atoms with E-state index in [1.807, 2.05) is 14.1 Å². The normalized spacial score (nSPS) is 10.4. The van der Waals surface area contributed by atoms with Crippen LogP contribution in [-0.2, 0) is 4.74 Å². The highest BCUT2D eigenvalue weighted by atomic mass is 16.5. The van der Waals surface area contributed by atoms with Crippen LogP contribution in [-0.4, -0.2) is 37.4 Å². The van der Waals surface area contributed by atoms with Gasteiger partial charge in [0, 0.05) is 31.9 Å². The first-order valence-electron chi connectivity index (χ1n) is 5.70. The smallest absolute Gasteiger partial charge is 0.338 e.